The van der Waals surface area contributed by atoms with E-state index < -0.39 is 5.97 Å². The average Bonchev–Trinajstić information content (AvgIpc) is 2.99. The van der Waals surface area contributed by atoms with Gasteiger partial charge in [0, 0.05) is 21.7 Å². The van der Waals surface area contributed by atoms with Crippen LogP contribution in [0.4, 0.5) is 0 Å². The number of rotatable bonds is 7. The quantitative estimate of drug-likeness (QED) is 0.544. The van der Waals surface area contributed by atoms with Gasteiger partial charge in [0.15, 0.2) is 0 Å². The molecule has 0 aliphatic heterocycles. The van der Waals surface area contributed by atoms with Gasteiger partial charge in [-0.05, 0) is 48.2 Å². The van der Waals surface area contributed by atoms with Gasteiger partial charge >= 0.3 is 5.97 Å². The van der Waals surface area contributed by atoms with Crippen LogP contribution >= 0.6 is 15.9 Å². The van der Waals surface area contributed by atoms with Crippen LogP contribution in [0.1, 0.15) is 35.7 Å². The maximum atomic E-state index is 11.2. The summed E-state index contributed by atoms with van der Waals surface area (Å²) in [5, 5.41) is 10.2. The zero-order valence-corrected chi connectivity index (χ0v) is 15.6. The summed E-state index contributed by atoms with van der Waals surface area (Å²) in [7, 11) is 0. The third kappa shape index (κ3) is 4.04. The number of benzene rings is 2. The minimum Gasteiger partial charge on any atom is -0.493 e. The molecule has 0 saturated carbocycles. The number of hydrogen-bond donors (Lipinski definition) is 1. The second-order valence-electron chi connectivity index (χ2n) is 5.98. The summed E-state index contributed by atoms with van der Waals surface area (Å²) >= 11 is 3.52. The van der Waals surface area contributed by atoms with E-state index in [2.05, 4.69) is 27.4 Å². The first-order valence-electron chi connectivity index (χ1n) is 8.32. The van der Waals surface area contributed by atoms with Crippen LogP contribution < -0.4 is 4.74 Å². The third-order valence-corrected chi connectivity index (χ3v) is 4.63. The molecular weight excluding hydrogens is 382 g/mol. The molecule has 0 aliphatic rings. The minimum absolute atomic E-state index is 0.293. The number of hydrogen-bond acceptors (Lipinski definition) is 2. The molecule has 0 saturated heterocycles. The minimum atomic E-state index is -0.916. The van der Waals surface area contributed by atoms with Crippen molar-refractivity contribution in [2.24, 2.45) is 0 Å². The molecule has 0 unspecified atom stereocenters. The van der Waals surface area contributed by atoms with E-state index in [1.807, 2.05) is 36.5 Å². The van der Waals surface area contributed by atoms with Crippen molar-refractivity contribution in [3.63, 3.8) is 0 Å². The number of nitrogens with zero attached hydrogens (tertiary/aromatic N) is 1. The molecule has 0 fully saturated rings. The van der Waals surface area contributed by atoms with Gasteiger partial charge in [0.25, 0.3) is 0 Å². The highest BCUT2D eigenvalue weighted by Gasteiger charge is 2.10. The number of carbonyl (C=O) groups is 1. The van der Waals surface area contributed by atoms with Gasteiger partial charge < -0.3 is 14.4 Å². The van der Waals surface area contributed by atoms with Crippen LogP contribution in [0, 0.1) is 0 Å². The molecule has 0 bridgehead atoms. The van der Waals surface area contributed by atoms with Crippen LogP contribution in [-0.4, -0.2) is 22.2 Å². The van der Waals surface area contributed by atoms with Crippen molar-refractivity contribution in [2.75, 3.05) is 6.61 Å². The number of aromatic nitrogens is 1. The molecule has 0 radical (unpaired) electrons. The van der Waals surface area contributed by atoms with Crippen LogP contribution in [0.5, 0.6) is 5.75 Å². The Kier molecular flexibility index (Phi) is 5.43. The molecule has 1 heterocycles. The van der Waals surface area contributed by atoms with E-state index in [-0.39, 0.29) is 0 Å². The lowest BCUT2D eigenvalue weighted by molar-refractivity contribution is 0.0697. The van der Waals surface area contributed by atoms with Gasteiger partial charge in [-0.1, -0.05) is 35.3 Å². The maximum absolute atomic E-state index is 11.2. The normalized spacial score (nSPS) is 11.0. The average molecular weight is 402 g/mol. The first-order chi connectivity index (χ1) is 12.1. The summed E-state index contributed by atoms with van der Waals surface area (Å²) in [5.41, 5.74) is 2.25. The van der Waals surface area contributed by atoms with E-state index in [0.29, 0.717) is 18.7 Å². The molecule has 1 N–H and O–H groups in total. The smallest absolute Gasteiger partial charge is 0.335 e. The Morgan fingerprint density at radius 1 is 1.20 bits per heavy atom. The summed E-state index contributed by atoms with van der Waals surface area (Å²) in [6.45, 7) is 3.45. The van der Waals surface area contributed by atoms with Crippen molar-refractivity contribution in [3.8, 4) is 5.75 Å². The van der Waals surface area contributed by atoms with E-state index >= 15 is 0 Å². The number of unbranched alkanes of at least 4 members (excludes halogenated alkanes) is 1. The molecular formula is C20H20BrNO3. The van der Waals surface area contributed by atoms with Crippen LogP contribution in [0.15, 0.2) is 53.1 Å². The van der Waals surface area contributed by atoms with Crippen molar-refractivity contribution < 1.29 is 14.6 Å². The Balaban J connectivity index is 1.94. The highest BCUT2D eigenvalue weighted by Crippen LogP contribution is 2.26. The molecule has 2 aromatic carbocycles. The SMILES string of the molecule is CCCCOc1ccc(Br)cc1Cn1ccc2ccc(C(=O)O)cc21. The summed E-state index contributed by atoms with van der Waals surface area (Å²) in [6, 6.07) is 13.2. The Hall–Kier alpha value is -2.27. The van der Waals surface area contributed by atoms with Crippen molar-refractivity contribution in [1.82, 2.24) is 4.57 Å². The number of carboxylic acid groups (broad SMARTS) is 1. The second kappa shape index (κ2) is 7.74. The number of aromatic carboxylic acids is 1. The van der Waals surface area contributed by atoms with E-state index in [4.69, 9.17) is 4.74 Å². The fourth-order valence-electron chi connectivity index (χ4n) is 2.78. The third-order valence-electron chi connectivity index (χ3n) is 4.14. The predicted molar refractivity (Wildman–Crippen MR) is 103 cm³/mol. The molecule has 130 valence electrons. The van der Waals surface area contributed by atoms with Gasteiger partial charge in [-0.2, -0.15) is 0 Å². The Bertz CT molecular complexity index is 901. The van der Waals surface area contributed by atoms with Gasteiger partial charge in [0.2, 0.25) is 0 Å². The molecule has 4 nitrogen and oxygen atoms in total. The number of ether oxygens (including phenoxy) is 1. The zero-order valence-electron chi connectivity index (χ0n) is 14.0. The molecule has 5 heteroatoms. The lowest BCUT2D eigenvalue weighted by atomic mass is 10.1. The monoisotopic (exact) mass is 401 g/mol. The topological polar surface area (TPSA) is 51.5 Å². The lowest BCUT2D eigenvalue weighted by Crippen LogP contribution is -2.04. The van der Waals surface area contributed by atoms with Gasteiger partial charge in [-0.15, -0.1) is 0 Å². The standard InChI is InChI=1S/C20H20BrNO3/c1-2-3-10-25-19-7-6-17(21)11-16(19)13-22-9-8-14-4-5-15(20(23)24)12-18(14)22/h4-9,11-12H,2-3,10,13H2,1H3,(H,23,24). The molecule has 1 aromatic heterocycles. The van der Waals surface area contributed by atoms with E-state index in [0.717, 1.165) is 39.5 Å². The predicted octanol–water partition coefficient (Wildman–Crippen LogP) is 5.33. The van der Waals surface area contributed by atoms with Crippen molar-refractivity contribution >= 4 is 32.8 Å². The van der Waals surface area contributed by atoms with Gasteiger partial charge in [0.1, 0.15) is 5.75 Å². The van der Waals surface area contributed by atoms with Crippen molar-refractivity contribution in [2.45, 2.75) is 26.3 Å². The van der Waals surface area contributed by atoms with Gasteiger partial charge in [-0.25, -0.2) is 4.79 Å². The van der Waals surface area contributed by atoms with Crippen LogP contribution in [0.3, 0.4) is 0 Å². The first-order valence-corrected chi connectivity index (χ1v) is 9.11. The first kappa shape index (κ1) is 17.5. The molecule has 3 rings (SSSR count). The molecule has 0 amide bonds. The number of halogens is 1. The fraction of sp³-hybridized carbons (Fsp3) is 0.250. The van der Waals surface area contributed by atoms with Gasteiger partial charge in [-0.3, -0.25) is 0 Å². The summed E-state index contributed by atoms with van der Waals surface area (Å²) in [4.78, 5) is 11.2. The second-order valence-corrected chi connectivity index (χ2v) is 6.89. The van der Waals surface area contributed by atoms with E-state index in [1.165, 1.54) is 0 Å². The molecule has 0 aliphatic carbocycles. The zero-order chi connectivity index (χ0) is 17.8. The highest BCUT2D eigenvalue weighted by atomic mass is 79.9. The summed E-state index contributed by atoms with van der Waals surface area (Å²) in [5.74, 6) is -0.0476. The Labute approximate surface area is 155 Å². The number of fused-ring (bicyclic) bond motifs is 1. The number of carboxylic acids is 1. The van der Waals surface area contributed by atoms with E-state index in [9.17, 15) is 9.90 Å². The highest BCUT2D eigenvalue weighted by molar-refractivity contribution is 9.10. The molecule has 3 aromatic rings. The molecule has 25 heavy (non-hydrogen) atoms. The maximum Gasteiger partial charge on any atom is 0.335 e. The fourth-order valence-corrected chi connectivity index (χ4v) is 3.19. The van der Waals surface area contributed by atoms with Crippen LogP contribution in [0.2, 0.25) is 0 Å². The Morgan fingerprint density at radius 2 is 2.04 bits per heavy atom. The lowest BCUT2D eigenvalue weighted by Gasteiger charge is -2.13. The molecule has 0 spiro atoms. The summed E-state index contributed by atoms with van der Waals surface area (Å²) in [6.07, 6.45) is 4.09. The van der Waals surface area contributed by atoms with Crippen LogP contribution in [-0.2, 0) is 6.54 Å². The van der Waals surface area contributed by atoms with Crippen LogP contribution in [0.25, 0.3) is 10.9 Å². The summed E-state index contributed by atoms with van der Waals surface area (Å²) < 4.78 is 8.97. The van der Waals surface area contributed by atoms with Crippen molar-refractivity contribution in [3.05, 3.63) is 64.3 Å². The Morgan fingerprint density at radius 3 is 2.80 bits per heavy atom. The largest absolute Gasteiger partial charge is 0.493 e. The van der Waals surface area contributed by atoms with E-state index in [1.54, 1.807) is 12.1 Å². The van der Waals surface area contributed by atoms with Gasteiger partial charge in [0.05, 0.1) is 18.7 Å². The molecule has 0 atom stereocenters. The van der Waals surface area contributed by atoms with Crippen molar-refractivity contribution in [1.29, 1.82) is 0 Å².